The minimum atomic E-state index is 0.520. The van der Waals surface area contributed by atoms with E-state index in [0.29, 0.717) is 5.82 Å². The summed E-state index contributed by atoms with van der Waals surface area (Å²) >= 11 is 5.14. The molecule has 0 aliphatic heterocycles. The van der Waals surface area contributed by atoms with Crippen molar-refractivity contribution in [2.24, 2.45) is 0 Å². The van der Waals surface area contributed by atoms with Gasteiger partial charge in [0.05, 0.1) is 15.9 Å². The van der Waals surface area contributed by atoms with E-state index in [9.17, 15) is 0 Å². The molecule has 1 heterocycles. The van der Waals surface area contributed by atoms with E-state index >= 15 is 0 Å². The zero-order valence-corrected chi connectivity index (χ0v) is 13.4. The lowest BCUT2D eigenvalue weighted by Crippen LogP contribution is -2.04. The lowest BCUT2D eigenvalue weighted by atomic mass is 10.2. The second-order valence-corrected chi connectivity index (χ2v) is 6.08. The van der Waals surface area contributed by atoms with Crippen LogP contribution in [0.25, 0.3) is 0 Å². The summed E-state index contributed by atoms with van der Waals surface area (Å²) < 4.78 is 0.819. The van der Waals surface area contributed by atoms with Crippen LogP contribution < -0.4 is 5.73 Å². The van der Waals surface area contributed by atoms with Crippen LogP contribution in [-0.4, -0.2) is 9.97 Å². The second kappa shape index (κ2) is 6.39. The predicted octanol–water partition coefficient (Wildman–Crippen LogP) is 3.98. The summed E-state index contributed by atoms with van der Waals surface area (Å²) in [5.41, 5.74) is 8.11. The molecule has 100 valence electrons. The fraction of sp³-hybridized carbons (Fsp3) is 0.286. The van der Waals surface area contributed by atoms with Crippen molar-refractivity contribution in [3.8, 4) is 0 Å². The number of nitrogens with zero attached hydrogens (tertiary/aromatic N) is 2. The normalized spacial score (nSPS) is 10.7. The van der Waals surface area contributed by atoms with E-state index in [-0.39, 0.29) is 0 Å². The SMILES string of the molecule is CCc1nc(CSc2ccc(C)cc2)nc(N)c1Br. The Bertz CT molecular complexity index is 570. The third kappa shape index (κ3) is 3.70. The zero-order valence-electron chi connectivity index (χ0n) is 11.0. The molecule has 0 saturated carbocycles. The molecule has 0 radical (unpaired) electrons. The Labute approximate surface area is 126 Å². The Balaban J connectivity index is 2.11. The number of anilines is 1. The van der Waals surface area contributed by atoms with Gasteiger partial charge in [0.25, 0.3) is 0 Å². The summed E-state index contributed by atoms with van der Waals surface area (Å²) in [5.74, 6) is 2.03. The first kappa shape index (κ1) is 14.3. The summed E-state index contributed by atoms with van der Waals surface area (Å²) in [4.78, 5) is 10.1. The van der Waals surface area contributed by atoms with Crippen LogP contribution in [0.15, 0.2) is 33.6 Å². The summed E-state index contributed by atoms with van der Waals surface area (Å²) in [5, 5.41) is 0. The monoisotopic (exact) mass is 337 g/mol. The van der Waals surface area contributed by atoms with Gasteiger partial charge in [-0.1, -0.05) is 24.6 Å². The number of thioether (sulfide) groups is 1. The average Bonchev–Trinajstić information content (AvgIpc) is 2.41. The lowest BCUT2D eigenvalue weighted by Gasteiger charge is -2.07. The van der Waals surface area contributed by atoms with Crippen molar-refractivity contribution in [3.05, 3.63) is 45.8 Å². The number of nitrogens with two attached hydrogens (primary N) is 1. The summed E-state index contributed by atoms with van der Waals surface area (Å²) in [7, 11) is 0. The van der Waals surface area contributed by atoms with Gasteiger partial charge in [0, 0.05) is 4.90 Å². The first-order valence-electron chi connectivity index (χ1n) is 6.10. The number of halogens is 1. The Hall–Kier alpha value is -1.07. The largest absolute Gasteiger partial charge is 0.383 e. The van der Waals surface area contributed by atoms with Gasteiger partial charge in [-0.15, -0.1) is 11.8 Å². The molecule has 5 heteroatoms. The predicted molar refractivity (Wildman–Crippen MR) is 84.3 cm³/mol. The van der Waals surface area contributed by atoms with E-state index in [1.807, 2.05) is 0 Å². The third-order valence-corrected chi connectivity index (χ3v) is 4.59. The molecule has 0 amide bonds. The number of hydrogen-bond donors (Lipinski definition) is 1. The molecule has 0 bridgehead atoms. The number of aryl methyl sites for hydroxylation is 2. The van der Waals surface area contributed by atoms with E-state index in [2.05, 4.69) is 64.0 Å². The molecule has 0 unspecified atom stereocenters. The van der Waals surface area contributed by atoms with Crippen molar-refractivity contribution >= 4 is 33.5 Å². The second-order valence-electron chi connectivity index (χ2n) is 4.24. The van der Waals surface area contributed by atoms with Crippen LogP contribution in [0.2, 0.25) is 0 Å². The summed E-state index contributed by atoms with van der Waals surface area (Å²) in [6.45, 7) is 4.14. The van der Waals surface area contributed by atoms with Gasteiger partial charge in [0.2, 0.25) is 0 Å². The highest BCUT2D eigenvalue weighted by Crippen LogP contribution is 2.25. The maximum Gasteiger partial charge on any atom is 0.141 e. The average molecular weight is 338 g/mol. The van der Waals surface area contributed by atoms with Gasteiger partial charge in [0.1, 0.15) is 11.6 Å². The maximum atomic E-state index is 5.88. The molecule has 2 rings (SSSR count). The lowest BCUT2D eigenvalue weighted by molar-refractivity contribution is 0.934. The molecule has 0 fully saturated rings. The third-order valence-electron chi connectivity index (χ3n) is 2.72. The smallest absolute Gasteiger partial charge is 0.141 e. The van der Waals surface area contributed by atoms with E-state index in [0.717, 1.165) is 28.2 Å². The van der Waals surface area contributed by atoms with E-state index in [1.54, 1.807) is 11.8 Å². The van der Waals surface area contributed by atoms with Crippen molar-refractivity contribution in [3.63, 3.8) is 0 Å². The first-order valence-corrected chi connectivity index (χ1v) is 7.88. The number of aromatic nitrogens is 2. The molecular weight excluding hydrogens is 322 g/mol. The highest BCUT2D eigenvalue weighted by Gasteiger charge is 2.08. The van der Waals surface area contributed by atoms with E-state index in [4.69, 9.17) is 5.73 Å². The molecule has 0 atom stereocenters. The minimum Gasteiger partial charge on any atom is -0.383 e. The molecule has 2 N–H and O–H groups in total. The molecule has 0 aliphatic carbocycles. The number of nitrogen functional groups attached to an aromatic ring is 1. The van der Waals surface area contributed by atoms with Gasteiger partial charge >= 0.3 is 0 Å². The highest BCUT2D eigenvalue weighted by atomic mass is 79.9. The van der Waals surface area contributed by atoms with Crippen LogP contribution in [0.3, 0.4) is 0 Å². The van der Waals surface area contributed by atoms with E-state index in [1.165, 1.54) is 10.5 Å². The molecule has 3 nitrogen and oxygen atoms in total. The van der Waals surface area contributed by atoms with Crippen molar-refractivity contribution in [2.45, 2.75) is 30.9 Å². The van der Waals surface area contributed by atoms with Crippen LogP contribution in [-0.2, 0) is 12.2 Å². The van der Waals surface area contributed by atoms with Gasteiger partial charge in [0.15, 0.2) is 0 Å². The van der Waals surface area contributed by atoms with Crippen molar-refractivity contribution in [2.75, 3.05) is 5.73 Å². The first-order chi connectivity index (χ1) is 9.10. The Morgan fingerprint density at radius 2 is 1.89 bits per heavy atom. The van der Waals surface area contributed by atoms with Gasteiger partial charge in [-0.05, 0) is 41.4 Å². The Morgan fingerprint density at radius 3 is 2.53 bits per heavy atom. The Kier molecular flexibility index (Phi) is 4.82. The summed E-state index contributed by atoms with van der Waals surface area (Å²) in [6.07, 6.45) is 0.843. The van der Waals surface area contributed by atoms with Crippen molar-refractivity contribution in [1.29, 1.82) is 0 Å². The van der Waals surface area contributed by atoms with Crippen molar-refractivity contribution < 1.29 is 0 Å². The van der Waals surface area contributed by atoms with Gasteiger partial charge in [-0.25, -0.2) is 9.97 Å². The molecule has 1 aromatic carbocycles. The molecule has 19 heavy (non-hydrogen) atoms. The maximum absolute atomic E-state index is 5.88. The Morgan fingerprint density at radius 1 is 1.21 bits per heavy atom. The van der Waals surface area contributed by atoms with Crippen LogP contribution in [0.5, 0.6) is 0 Å². The molecule has 0 saturated heterocycles. The van der Waals surface area contributed by atoms with Gasteiger partial charge in [-0.3, -0.25) is 0 Å². The quantitative estimate of drug-likeness (QED) is 0.857. The van der Waals surface area contributed by atoms with Gasteiger partial charge in [-0.2, -0.15) is 0 Å². The van der Waals surface area contributed by atoms with E-state index < -0.39 is 0 Å². The molecule has 0 aliphatic rings. The molecule has 1 aromatic heterocycles. The standard InChI is InChI=1S/C14H16BrN3S/c1-3-11-13(15)14(16)18-12(17-11)8-19-10-6-4-9(2)5-7-10/h4-7H,3,8H2,1-2H3,(H2,16,17,18). The molecular formula is C14H16BrN3S. The number of hydrogen-bond acceptors (Lipinski definition) is 4. The topological polar surface area (TPSA) is 51.8 Å². The molecule has 0 spiro atoms. The summed E-state index contributed by atoms with van der Waals surface area (Å²) in [6, 6.07) is 8.44. The van der Waals surface area contributed by atoms with Crippen LogP contribution >= 0.6 is 27.7 Å². The fourth-order valence-corrected chi connectivity index (χ4v) is 2.86. The van der Waals surface area contributed by atoms with Crippen LogP contribution in [0.4, 0.5) is 5.82 Å². The number of rotatable bonds is 4. The zero-order chi connectivity index (χ0) is 13.8. The van der Waals surface area contributed by atoms with Crippen LogP contribution in [0.1, 0.15) is 24.0 Å². The fourth-order valence-electron chi connectivity index (χ4n) is 1.65. The van der Waals surface area contributed by atoms with Crippen molar-refractivity contribution in [1.82, 2.24) is 9.97 Å². The highest BCUT2D eigenvalue weighted by molar-refractivity contribution is 9.10. The van der Waals surface area contributed by atoms with Crippen LogP contribution in [0, 0.1) is 6.92 Å². The molecule has 2 aromatic rings. The minimum absolute atomic E-state index is 0.520. The number of benzene rings is 1. The van der Waals surface area contributed by atoms with Gasteiger partial charge < -0.3 is 5.73 Å².